The van der Waals surface area contributed by atoms with Crippen LogP contribution >= 0.6 is 8.58 Å². The van der Waals surface area contributed by atoms with Gasteiger partial charge >= 0.3 is 0 Å². The maximum atomic E-state index is 6.06. The normalized spacial score (nSPS) is 13.2. The topological polar surface area (TPSA) is 21.7 Å². The molecule has 0 bridgehead atoms. The fourth-order valence-electron chi connectivity index (χ4n) is 5.08. The maximum absolute atomic E-state index is 6.06. The molecular formula is C35H42NO2P. The Bertz CT molecular complexity index is 1280. The number of aryl methyl sites for hydroxylation is 2. The number of benzene rings is 4. The highest BCUT2D eigenvalue weighted by atomic mass is 31.1. The molecule has 0 spiro atoms. The van der Waals surface area contributed by atoms with Gasteiger partial charge in [-0.2, -0.15) is 0 Å². The lowest BCUT2D eigenvalue weighted by atomic mass is 9.95. The zero-order valence-electron chi connectivity index (χ0n) is 24.0. The number of hydrogen-bond donors (Lipinski definition) is 0. The van der Waals surface area contributed by atoms with Gasteiger partial charge in [0, 0.05) is 37.5 Å². The van der Waals surface area contributed by atoms with Gasteiger partial charge in [-0.25, -0.2) is 0 Å². The highest BCUT2D eigenvalue weighted by Gasteiger charge is 2.30. The molecule has 2 atom stereocenters. The van der Waals surface area contributed by atoms with E-state index in [0.29, 0.717) is 8.58 Å². The standard InChI is InChI=1S/C35H42NO2P/c1-6-35(4,32-22-27(2)20-21-33(32)38-26-37-5)39-34-28(3)14-13-19-31(34)25-36(23-29-15-9-7-10-16-29)24-30-17-11-8-12-18-30/h7-22,39H,6,23-26H2,1-5H3. The zero-order valence-corrected chi connectivity index (χ0v) is 25.0. The first-order valence-electron chi connectivity index (χ1n) is 13.8. The Hall–Kier alpha value is -2.97. The van der Waals surface area contributed by atoms with E-state index < -0.39 is 0 Å². The predicted octanol–water partition coefficient (Wildman–Crippen LogP) is 8.12. The summed E-state index contributed by atoms with van der Waals surface area (Å²) in [4.78, 5) is 2.57. The van der Waals surface area contributed by atoms with Crippen LogP contribution in [0, 0.1) is 13.8 Å². The summed E-state index contributed by atoms with van der Waals surface area (Å²) in [6.07, 6.45) is 1.02. The van der Waals surface area contributed by atoms with E-state index in [9.17, 15) is 0 Å². The fraction of sp³-hybridized carbons (Fsp3) is 0.314. The third-order valence-electron chi connectivity index (χ3n) is 7.42. The number of ether oxygens (including phenoxy) is 2. The minimum atomic E-state index is -0.0559. The summed E-state index contributed by atoms with van der Waals surface area (Å²) >= 11 is 0. The van der Waals surface area contributed by atoms with Crippen LogP contribution < -0.4 is 10.0 Å². The summed E-state index contributed by atoms with van der Waals surface area (Å²) in [5, 5.41) is 1.41. The van der Waals surface area contributed by atoms with E-state index in [-0.39, 0.29) is 11.9 Å². The first-order valence-corrected chi connectivity index (χ1v) is 14.8. The van der Waals surface area contributed by atoms with Crippen molar-refractivity contribution in [3.05, 3.63) is 130 Å². The Morgan fingerprint density at radius 1 is 0.769 bits per heavy atom. The van der Waals surface area contributed by atoms with Crippen LogP contribution in [-0.2, 0) is 29.5 Å². The van der Waals surface area contributed by atoms with Gasteiger partial charge in [0.2, 0.25) is 0 Å². The van der Waals surface area contributed by atoms with Gasteiger partial charge in [-0.3, -0.25) is 4.90 Å². The monoisotopic (exact) mass is 539 g/mol. The summed E-state index contributed by atoms with van der Waals surface area (Å²) in [5.41, 5.74) is 7.95. The van der Waals surface area contributed by atoms with Crippen molar-refractivity contribution in [2.75, 3.05) is 13.9 Å². The predicted molar refractivity (Wildman–Crippen MR) is 166 cm³/mol. The van der Waals surface area contributed by atoms with Crippen molar-refractivity contribution in [2.24, 2.45) is 0 Å². The number of methoxy groups -OCH3 is 1. The van der Waals surface area contributed by atoms with Crippen LogP contribution in [0.15, 0.2) is 97.1 Å². The SMILES string of the molecule is CCC(C)(Pc1c(C)cccc1CN(Cc1ccccc1)Cc1ccccc1)c1cc(C)ccc1OCOC. The first-order chi connectivity index (χ1) is 18.9. The van der Waals surface area contributed by atoms with Crippen molar-refractivity contribution in [3.8, 4) is 5.75 Å². The zero-order chi connectivity index (χ0) is 27.7. The van der Waals surface area contributed by atoms with Crippen LogP contribution in [0.4, 0.5) is 0 Å². The Morgan fingerprint density at radius 3 is 2.00 bits per heavy atom. The molecule has 0 saturated carbocycles. The molecule has 3 nitrogen and oxygen atoms in total. The third-order valence-corrected chi connectivity index (χ3v) is 9.56. The molecular weight excluding hydrogens is 497 g/mol. The molecule has 4 aromatic carbocycles. The van der Waals surface area contributed by atoms with E-state index in [4.69, 9.17) is 9.47 Å². The van der Waals surface area contributed by atoms with Crippen LogP contribution in [-0.4, -0.2) is 18.8 Å². The molecule has 2 unspecified atom stereocenters. The number of nitrogens with zero attached hydrogens (tertiary/aromatic N) is 1. The molecule has 0 aliphatic heterocycles. The van der Waals surface area contributed by atoms with Crippen molar-refractivity contribution < 1.29 is 9.47 Å². The van der Waals surface area contributed by atoms with Crippen molar-refractivity contribution in [1.82, 2.24) is 4.90 Å². The van der Waals surface area contributed by atoms with Gasteiger partial charge in [0.1, 0.15) is 5.75 Å². The van der Waals surface area contributed by atoms with Gasteiger partial charge in [0.05, 0.1) is 0 Å². The number of rotatable bonds is 13. The fourth-order valence-corrected chi connectivity index (χ4v) is 6.74. The van der Waals surface area contributed by atoms with Gasteiger partial charge in [-0.05, 0) is 53.9 Å². The van der Waals surface area contributed by atoms with E-state index in [1.54, 1.807) is 7.11 Å². The second kappa shape index (κ2) is 13.9. The molecule has 0 heterocycles. The van der Waals surface area contributed by atoms with Crippen LogP contribution in [0.5, 0.6) is 5.75 Å². The second-order valence-electron chi connectivity index (χ2n) is 10.6. The summed E-state index contributed by atoms with van der Waals surface area (Å²) in [6, 6.07) is 34.9. The van der Waals surface area contributed by atoms with Gasteiger partial charge in [-0.15, -0.1) is 0 Å². The van der Waals surface area contributed by atoms with Crippen molar-refractivity contribution >= 4 is 13.9 Å². The van der Waals surface area contributed by atoms with Crippen molar-refractivity contribution in [3.63, 3.8) is 0 Å². The smallest absolute Gasteiger partial charge is 0.188 e. The molecule has 0 aromatic heterocycles. The summed E-state index contributed by atoms with van der Waals surface area (Å²) in [5.74, 6) is 0.921. The Kier molecular flexibility index (Phi) is 10.3. The van der Waals surface area contributed by atoms with Crippen molar-refractivity contribution in [1.29, 1.82) is 0 Å². The second-order valence-corrected chi connectivity index (χ2v) is 12.4. The highest BCUT2D eigenvalue weighted by molar-refractivity contribution is 7.48. The summed E-state index contributed by atoms with van der Waals surface area (Å²) in [6.45, 7) is 12.1. The molecule has 4 heteroatoms. The lowest BCUT2D eigenvalue weighted by Gasteiger charge is -2.33. The minimum absolute atomic E-state index is 0.0559. The lowest BCUT2D eigenvalue weighted by molar-refractivity contribution is 0.0500. The van der Waals surface area contributed by atoms with Gasteiger partial charge in [0.25, 0.3) is 0 Å². The first kappa shape index (κ1) is 29.0. The van der Waals surface area contributed by atoms with Crippen LogP contribution in [0.2, 0.25) is 0 Å². The molecule has 0 saturated heterocycles. The van der Waals surface area contributed by atoms with E-state index in [0.717, 1.165) is 31.8 Å². The number of hydrogen-bond acceptors (Lipinski definition) is 3. The van der Waals surface area contributed by atoms with Crippen LogP contribution in [0.1, 0.15) is 53.6 Å². The van der Waals surface area contributed by atoms with E-state index >= 15 is 0 Å². The summed E-state index contributed by atoms with van der Waals surface area (Å²) in [7, 11) is 2.28. The molecule has 0 aliphatic carbocycles. The van der Waals surface area contributed by atoms with Gasteiger partial charge in [0.15, 0.2) is 6.79 Å². The molecule has 4 aromatic rings. The average molecular weight is 540 g/mol. The van der Waals surface area contributed by atoms with Gasteiger partial charge in [-0.1, -0.05) is 119 Å². The Balaban J connectivity index is 1.68. The molecule has 4 rings (SSSR count). The highest BCUT2D eigenvalue weighted by Crippen LogP contribution is 2.48. The quantitative estimate of drug-likeness (QED) is 0.127. The van der Waals surface area contributed by atoms with E-state index in [1.807, 2.05) is 0 Å². The third kappa shape index (κ3) is 7.79. The minimum Gasteiger partial charge on any atom is -0.467 e. The van der Waals surface area contributed by atoms with Crippen molar-refractivity contribution in [2.45, 2.75) is 58.9 Å². The maximum Gasteiger partial charge on any atom is 0.188 e. The lowest BCUT2D eigenvalue weighted by Crippen LogP contribution is -2.27. The molecule has 0 aliphatic rings. The van der Waals surface area contributed by atoms with Crippen LogP contribution in [0.3, 0.4) is 0 Å². The van der Waals surface area contributed by atoms with E-state index in [2.05, 4.69) is 130 Å². The summed E-state index contributed by atoms with van der Waals surface area (Å²) < 4.78 is 11.3. The molecule has 39 heavy (non-hydrogen) atoms. The Labute approximate surface area is 237 Å². The molecule has 204 valence electrons. The van der Waals surface area contributed by atoms with Crippen LogP contribution in [0.25, 0.3) is 0 Å². The molecule has 0 fully saturated rings. The molecule has 0 radical (unpaired) electrons. The largest absolute Gasteiger partial charge is 0.467 e. The Morgan fingerprint density at radius 2 is 1.41 bits per heavy atom. The van der Waals surface area contributed by atoms with E-state index in [1.165, 1.54) is 38.7 Å². The molecule has 0 amide bonds. The van der Waals surface area contributed by atoms with Gasteiger partial charge < -0.3 is 9.47 Å². The molecule has 0 N–H and O–H groups in total. The average Bonchev–Trinajstić information content (AvgIpc) is 2.95.